The molecule has 1 unspecified atom stereocenters. The summed E-state index contributed by atoms with van der Waals surface area (Å²) in [5.41, 5.74) is 0.397. The van der Waals surface area contributed by atoms with Gasteiger partial charge in [0.2, 0.25) is 5.95 Å². The lowest BCUT2D eigenvalue weighted by Crippen LogP contribution is -2.24. The van der Waals surface area contributed by atoms with Gasteiger partial charge < -0.3 is 0 Å². The lowest BCUT2D eigenvalue weighted by Gasteiger charge is -2.27. The third-order valence-electron chi connectivity index (χ3n) is 4.24. The van der Waals surface area contributed by atoms with Crippen LogP contribution in [-0.4, -0.2) is 15.0 Å². The average Bonchev–Trinajstić information content (AvgIpc) is 2.76. The number of unbranched alkanes of at least 4 members (excludes halogenated alkanes) is 5. The summed E-state index contributed by atoms with van der Waals surface area (Å²) in [5, 5.41) is 7.95. The van der Waals surface area contributed by atoms with Crippen molar-refractivity contribution in [2.75, 3.05) is 0 Å². The van der Waals surface area contributed by atoms with Crippen molar-refractivity contribution in [3.63, 3.8) is 0 Å². The molecule has 1 atom stereocenters. The van der Waals surface area contributed by atoms with E-state index in [2.05, 4.69) is 31.1 Å². The van der Waals surface area contributed by atoms with Gasteiger partial charge in [0.25, 0.3) is 0 Å². The number of aromatic nitrogens is 3. The normalized spacial score (nSPS) is 14.4. The number of nitrogens with zero attached hydrogens (tertiary/aromatic N) is 3. The maximum atomic E-state index is 14.2. The van der Waals surface area contributed by atoms with E-state index in [0.717, 1.165) is 25.7 Å². The molecule has 0 saturated carbocycles. The van der Waals surface area contributed by atoms with Gasteiger partial charge in [0.15, 0.2) is 0 Å². The first-order valence-corrected chi connectivity index (χ1v) is 8.10. The number of aryl methyl sites for hydroxylation is 1. The van der Waals surface area contributed by atoms with Crippen molar-refractivity contribution < 1.29 is 4.39 Å². The summed E-state index contributed by atoms with van der Waals surface area (Å²) >= 11 is 0. The topological polar surface area (TPSA) is 30.7 Å². The fraction of sp³-hybridized carbons (Fsp3) is 0.875. The first kappa shape index (κ1) is 17.1. The minimum atomic E-state index is -0.264. The largest absolute Gasteiger partial charge is 0.235 e. The minimum absolute atomic E-state index is 0.165. The Morgan fingerprint density at radius 2 is 1.55 bits per heavy atom. The third-order valence-corrected chi connectivity index (χ3v) is 4.24. The first-order valence-electron chi connectivity index (χ1n) is 8.10. The highest BCUT2D eigenvalue weighted by Gasteiger charge is 2.32. The summed E-state index contributed by atoms with van der Waals surface area (Å²) in [5.74, 6) is -0.264. The molecule has 0 bridgehead atoms. The molecule has 3 nitrogen and oxygen atoms in total. The maximum absolute atomic E-state index is 14.2. The molecule has 0 aliphatic heterocycles. The summed E-state index contributed by atoms with van der Waals surface area (Å²) in [6, 6.07) is 0. The molecule has 0 aliphatic rings. The van der Waals surface area contributed by atoms with Crippen LogP contribution < -0.4 is 0 Å². The van der Waals surface area contributed by atoms with Gasteiger partial charge in [-0.25, -0.2) is 4.68 Å². The summed E-state index contributed by atoms with van der Waals surface area (Å²) in [7, 11) is 1.62. The second-order valence-electron chi connectivity index (χ2n) is 6.18. The van der Waals surface area contributed by atoms with Gasteiger partial charge in [-0.2, -0.15) is 4.39 Å². The van der Waals surface area contributed by atoms with Crippen LogP contribution in [0.1, 0.15) is 84.3 Å². The van der Waals surface area contributed by atoms with Crippen molar-refractivity contribution in [2.45, 2.75) is 84.0 Å². The van der Waals surface area contributed by atoms with E-state index in [1.807, 2.05) is 0 Å². The zero-order valence-corrected chi connectivity index (χ0v) is 13.6. The number of hydrogen-bond donors (Lipinski definition) is 0. The maximum Gasteiger partial charge on any atom is 0.235 e. The van der Waals surface area contributed by atoms with Crippen LogP contribution in [0.15, 0.2) is 0 Å². The molecule has 0 aliphatic carbocycles. The van der Waals surface area contributed by atoms with Crippen LogP contribution in [0.5, 0.6) is 0 Å². The van der Waals surface area contributed by atoms with E-state index in [1.165, 1.54) is 36.8 Å². The van der Waals surface area contributed by atoms with Gasteiger partial charge in [-0.05, 0) is 12.8 Å². The van der Waals surface area contributed by atoms with E-state index in [0.29, 0.717) is 5.69 Å². The van der Waals surface area contributed by atoms with E-state index < -0.39 is 0 Å². The van der Waals surface area contributed by atoms with Crippen molar-refractivity contribution in [2.24, 2.45) is 7.05 Å². The highest BCUT2D eigenvalue weighted by atomic mass is 19.1. The van der Waals surface area contributed by atoms with E-state index in [-0.39, 0.29) is 11.4 Å². The lowest BCUT2D eigenvalue weighted by molar-refractivity contribution is 0.340. The Bertz CT molecular complexity index is 389. The third kappa shape index (κ3) is 4.57. The zero-order valence-electron chi connectivity index (χ0n) is 13.6. The SMILES string of the molecule is CCCCCCC(C)(CCCCC)c1nnn(C)c1F. The number of halogens is 1. The molecule has 20 heavy (non-hydrogen) atoms. The molecule has 0 radical (unpaired) electrons. The Balaban J connectivity index is 2.74. The Labute approximate surface area is 123 Å². The van der Waals surface area contributed by atoms with Crippen LogP contribution in [0.25, 0.3) is 0 Å². The predicted molar refractivity (Wildman–Crippen MR) is 81.2 cm³/mol. The van der Waals surface area contributed by atoms with Gasteiger partial charge in [0.05, 0.1) is 0 Å². The molecular weight excluding hydrogens is 253 g/mol. The minimum Gasteiger partial charge on any atom is -0.222 e. The summed E-state index contributed by atoms with van der Waals surface area (Å²) < 4.78 is 15.4. The van der Waals surface area contributed by atoms with Gasteiger partial charge in [0, 0.05) is 12.5 Å². The Hall–Kier alpha value is -0.930. The molecule has 1 aromatic heterocycles. The van der Waals surface area contributed by atoms with Crippen molar-refractivity contribution in [1.29, 1.82) is 0 Å². The fourth-order valence-corrected chi connectivity index (χ4v) is 2.78. The Kier molecular flexibility index (Phi) is 7.17. The van der Waals surface area contributed by atoms with Gasteiger partial charge in [0.1, 0.15) is 5.69 Å². The Morgan fingerprint density at radius 1 is 1.00 bits per heavy atom. The van der Waals surface area contributed by atoms with Crippen LogP contribution >= 0.6 is 0 Å². The monoisotopic (exact) mass is 283 g/mol. The average molecular weight is 283 g/mol. The molecule has 0 amide bonds. The van der Waals surface area contributed by atoms with Crippen LogP contribution in [0.4, 0.5) is 4.39 Å². The number of rotatable bonds is 10. The highest BCUT2D eigenvalue weighted by Crippen LogP contribution is 2.35. The second kappa shape index (κ2) is 8.38. The smallest absolute Gasteiger partial charge is 0.222 e. The first-order chi connectivity index (χ1) is 9.55. The van der Waals surface area contributed by atoms with Gasteiger partial charge in [-0.3, -0.25) is 0 Å². The molecule has 0 saturated heterocycles. The van der Waals surface area contributed by atoms with Crippen LogP contribution in [-0.2, 0) is 12.5 Å². The van der Waals surface area contributed by atoms with E-state index in [4.69, 9.17) is 0 Å². The van der Waals surface area contributed by atoms with Crippen LogP contribution in [0, 0.1) is 5.95 Å². The highest BCUT2D eigenvalue weighted by molar-refractivity contribution is 5.12. The predicted octanol–water partition coefficient (Wildman–Crippen LogP) is 4.76. The molecular formula is C16H30FN3. The molecule has 116 valence electrons. The Morgan fingerprint density at radius 3 is 2.05 bits per heavy atom. The van der Waals surface area contributed by atoms with Crippen molar-refractivity contribution >= 4 is 0 Å². The van der Waals surface area contributed by atoms with Gasteiger partial charge >= 0.3 is 0 Å². The van der Waals surface area contributed by atoms with Crippen molar-refractivity contribution in [1.82, 2.24) is 15.0 Å². The van der Waals surface area contributed by atoms with Crippen molar-refractivity contribution in [3.8, 4) is 0 Å². The van der Waals surface area contributed by atoms with Crippen LogP contribution in [0.2, 0.25) is 0 Å². The van der Waals surface area contributed by atoms with E-state index >= 15 is 0 Å². The molecule has 0 N–H and O–H groups in total. The zero-order chi connectivity index (χ0) is 15.0. The van der Waals surface area contributed by atoms with Gasteiger partial charge in [-0.15, -0.1) is 5.10 Å². The van der Waals surface area contributed by atoms with E-state index in [1.54, 1.807) is 7.05 Å². The standard InChI is InChI=1S/C16H30FN3/c1-5-7-9-11-13-16(3,12-10-8-6-2)14-15(17)20(4)19-18-14/h5-13H2,1-4H3. The van der Waals surface area contributed by atoms with E-state index in [9.17, 15) is 4.39 Å². The molecule has 1 heterocycles. The molecule has 4 heteroatoms. The van der Waals surface area contributed by atoms with Crippen molar-refractivity contribution in [3.05, 3.63) is 11.6 Å². The molecule has 1 aromatic rings. The molecule has 0 spiro atoms. The second-order valence-corrected chi connectivity index (χ2v) is 6.18. The molecule has 0 aromatic carbocycles. The quantitative estimate of drug-likeness (QED) is 0.579. The fourth-order valence-electron chi connectivity index (χ4n) is 2.78. The molecule has 0 fully saturated rings. The summed E-state index contributed by atoms with van der Waals surface area (Å²) in [6.45, 7) is 6.56. The summed E-state index contributed by atoms with van der Waals surface area (Å²) in [6.07, 6.45) is 10.4. The lowest BCUT2D eigenvalue weighted by atomic mass is 9.77. The summed E-state index contributed by atoms with van der Waals surface area (Å²) in [4.78, 5) is 0. The van der Waals surface area contributed by atoms with Crippen LogP contribution in [0.3, 0.4) is 0 Å². The van der Waals surface area contributed by atoms with Gasteiger partial charge in [-0.1, -0.05) is 70.9 Å². The number of hydrogen-bond acceptors (Lipinski definition) is 2. The molecule has 1 rings (SSSR count).